The van der Waals surface area contributed by atoms with Crippen molar-refractivity contribution in [3.63, 3.8) is 0 Å². The second-order valence-electron chi connectivity index (χ2n) is 4.42. The van der Waals surface area contributed by atoms with E-state index in [9.17, 15) is 4.79 Å². The summed E-state index contributed by atoms with van der Waals surface area (Å²) in [6.07, 6.45) is 0. The Morgan fingerprint density at radius 2 is 1.94 bits per heavy atom. The molecule has 0 radical (unpaired) electrons. The lowest BCUT2D eigenvalue weighted by atomic mass is 10.1. The Kier molecular flexibility index (Phi) is 4.24. The van der Waals surface area contributed by atoms with Gasteiger partial charge in [0, 0.05) is 36.3 Å². The van der Waals surface area contributed by atoms with Crippen LogP contribution in [0.4, 0.5) is 5.69 Å². The summed E-state index contributed by atoms with van der Waals surface area (Å²) >= 11 is 3.37. The van der Waals surface area contributed by atoms with Crippen molar-refractivity contribution in [3.8, 4) is 0 Å². The van der Waals surface area contributed by atoms with Gasteiger partial charge in [0.25, 0.3) is 0 Å². The maximum Gasteiger partial charge on any atom is 0.335 e. The van der Waals surface area contributed by atoms with E-state index in [-0.39, 0.29) is 0 Å². The van der Waals surface area contributed by atoms with Gasteiger partial charge in [-0.1, -0.05) is 22.9 Å². The monoisotopic (exact) mass is 312 g/mol. The average molecular weight is 313 g/mol. The first-order chi connectivity index (χ1) is 8.60. The van der Waals surface area contributed by atoms with E-state index in [4.69, 9.17) is 5.11 Å². The SMILES string of the molecule is CCN1CCN(c2cc(Br)cc(C(=O)O)c2)CC1. The molecule has 2 rings (SSSR count). The molecule has 98 valence electrons. The zero-order valence-electron chi connectivity index (χ0n) is 10.4. The molecule has 18 heavy (non-hydrogen) atoms. The topological polar surface area (TPSA) is 43.8 Å². The van der Waals surface area contributed by atoms with Gasteiger partial charge >= 0.3 is 5.97 Å². The van der Waals surface area contributed by atoms with Gasteiger partial charge in [0.2, 0.25) is 0 Å². The zero-order chi connectivity index (χ0) is 13.1. The predicted octanol–water partition coefficient (Wildman–Crippen LogP) is 2.29. The van der Waals surface area contributed by atoms with E-state index in [2.05, 4.69) is 32.7 Å². The lowest BCUT2D eigenvalue weighted by Crippen LogP contribution is -2.46. The lowest BCUT2D eigenvalue weighted by Gasteiger charge is -2.35. The van der Waals surface area contributed by atoms with Crippen LogP contribution in [0.5, 0.6) is 0 Å². The molecule has 0 saturated carbocycles. The van der Waals surface area contributed by atoms with Gasteiger partial charge in [0.15, 0.2) is 0 Å². The third-order valence-electron chi connectivity index (χ3n) is 3.31. The van der Waals surface area contributed by atoms with Gasteiger partial charge in [0.05, 0.1) is 5.56 Å². The Morgan fingerprint density at radius 1 is 1.28 bits per heavy atom. The number of carbonyl (C=O) groups is 1. The summed E-state index contributed by atoms with van der Waals surface area (Å²) in [6, 6.07) is 5.36. The summed E-state index contributed by atoms with van der Waals surface area (Å²) in [7, 11) is 0. The molecule has 1 aliphatic heterocycles. The minimum absolute atomic E-state index is 0.331. The molecule has 0 atom stereocenters. The highest BCUT2D eigenvalue weighted by atomic mass is 79.9. The third-order valence-corrected chi connectivity index (χ3v) is 3.77. The first-order valence-corrected chi connectivity index (χ1v) is 6.90. The molecule has 0 amide bonds. The minimum Gasteiger partial charge on any atom is -0.478 e. The first kappa shape index (κ1) is 13.4. The molecule has 1 N–H and O–H groups in total. The number of halogens is 1. The van der Waals surface area contributed by atoms with Gasteiger partial charge in [-0.3, -0.25) is 0 Å². The van der Waals surface area contributed by atoms with Crippen LogP contribution in [0, 0.1) is 0 Å². The molecule has 0 aliphatic carbocycles. The molecular weight excluding hydrogens is 296 g/mol. The van der Waals surface area contributed by atoms with Crippen molar-refractivity contribution >= 4 is 27.6 Å². The van der Waals surface area contributed by atoms with Crippen molar-refractivity contribution in [2.45, 2.75) is 6.92 Å². The van der Waals surface area contributed by atoms with Crippen LogP contribution < -0.4 is 4.90 Å². The lowest BCUT2D eigenvalue weighted by molar-refractivity contribution is 0.0697. The Bertz CT molecular complexity index is 443. The third kappa shape index (κ3) is 3.03. The fraction of sp³-hybridized carbons (Fsp3) is 0.462. The number of anilines is 1. The smallest absolute Gasteiger partial charge is 0.335 e. The molecule has 1 saturated heterocycles. The van der Waals surface area contributed by atoms with Gasteiger partial charge < -0.3 is 14.9 Å². The molecule has 1 aliphatic rings. The zero-order valence-corrected chi connectivity index (χ0v) is 12.0. The summed E-state index contributed by atoms with van der Waals surface area (Å²) in [5.74, 6) is -0.884. The average Bonchev–Trinajstić information content (AvgIpc) is 2.38. The van der Waals surface area contributed by atoms with Gasteiger partial charge in [-0.2, -0.15) is 0 Å². The molecule has 5 heteroatoms. The van der Waals surface area contributed by atoms with E-state index in [1.165, 1.54) is 0 Å². The number of carboxylic acid groups (broad SMARTS) is 1. The van der Waals surface area contributed by atoms with E-state index in [0.717, 1.165) is 42.9 Å². The van der Waals surface area contributed by atoms with Crippen molar-refractivity contribution in [1.29, 1.82) is 0 Å². The summed E-state index contributed by atoms with van der Waals surface area (Å²) in [6.45, 7) is 7.20. The Hall–Kier alpha value is -1.07. The van der Waals surface area contributed by atoms with E-state index >= 15 is 0 Å². The predicted molar refractivity (Wildman–Crippen MR) is 75.4 cm³/mol. The largest absolute Gasteiger partial charge is 0.478 e. The van der Waals surface area contributed by atoms with Crippen LogP contribution in [0.15, 0.2) is 22.7 Å². The molecule has 0 spiro atoms. The van der Waals surface area contributed by atoms with Gasteiger partial charge in [-0.15, -0.1) is 0 Å². The Labute approximate surface area is 115 Å². The van der Waals surface area contributed by atoms with Gasteiger partial charge in [-0.05, 0) is 24.7 Å². The van der Waals surface area contributed by atoms with E-state index < -0.39 is 5.97 Å². The summed E-state index contributed by atoms with van der Waals surface area (Å²) in [5, 5.41) is 9.06. The number of rotatable bonds is 3. The quantitative estimate of drug-likeness (QED) is 0.930. The van der Waals surface area contributed by atoms with Crippen molar-refractivity contribution < 1.29 is 9.90 Å². The van der Waals surface area contributed by atoms with Crippen molar-refractivity contribution in [2.24, 2.45) is 0 Å². The number of likely N-dealkylation sites (N-methyl/N-ethyl adjacent to an activating group) is 1. The molecule has 0 unspecified atom stereocenters. The summed E-state index contributed by atoms with van der Waals surface area (Å²) in [4.78, 5) is 15.7. The molecule has 1 aromatic rings. The highest BCUT2D eigenvalue weighted by molar-refractivity contribution is 9.10. The van der Waals surface area contributed by atoms with Gasteiger partial charge in [-0.25, -0.2) is 4.79 Å². The van der Waals surface area contributed by atoms with Crippen molar-refractivity contribution in [1.82, 2.24) is 4.90 Å². The molecule has 0 aromatic heterocycles. The maximum atomic E-state index is 11.0. The summed E-state index contributed by atoms with van der Waals surface area (Å²) < 4.78 is 0.815. The van der Waals surface area contributed by atoms with E-state index in [1.807, 2.05) is 6.07 Å². The molecule has 1 aromatic carbocycles. The Balaban J connectivity index is 2.16. The normalized spacial score (nSPS) is 16.9. The Morgan fingerprint density at radius 3 is 2.50 bits per heavy atom. The number of carboxylic acids is 1. The first-order valence-electron chi connectivity index (χ1n) is 6.11. The van der Waals surface area contributed by atoms with E-state index in [1.54, 1.807) is 12.1 Å². The van der Waals surface area contributed by atoms with Crippen LogP contribution in [0.3, 0.4) is 0 Å². The molecule has 1 fully saturated rings. The van der Waals surface area contributed by atoms with Crippen molar-refractivity contribution in [2.75, 3.05) is 37.6 Å². The van der Waals surface area contributed by atoms with Crippen LogP contribution in [0.1, 0.15) is 17.3 Å². The highest BCUT2D eigenvalue weighted by Crippen LogP contribution is 2.24. The fourth-order valence-electron chi connectivity index (χ4n) is 2.20. The molecular formula is C13H17BrN2O2. The standard InChI is InChI=1S/C13H17BrN2O2/c1-2-15-3-5-16(6-4-15)12-8-10(13(17)18)7-11(14)9-12/h7-9H,2-6H2,1H3,(H,17,18). The number of nitrogens with zero attached hydrogens (tertiary/aromatic N) is 2. The number of benzene rings is 1. The van der Waals surface area contributed by atoms with Crippen LogP contribution in [0.25, 0.3) is 0 Å². The molecule has 0 bridgehead atoms. The maximum absolute atomic E-state index is 11.0. The van der Waals surface area contributed by atoms with Crippen LogP contribution in [0.2, 0.25) is 0 Å². The van der Waals surface area contributed by atoms with Gasteiger partial charge in [0.1, 0.15) is 0 Å². The van der Waals surface area contributed by atoms with Crippen LogP contribution >= 0.6 is 15.9 Å². The summed E-state index contributed by atoms with van der Waals surface area (Å²) in [5.41, 5.74) is 1.31. The fourth-order valence-corrected chi connectivity index (χ4v) is 2.68. The number of hydrogen-bond acceptors (Lipinski definition) is 3. The minimum atomic E-state index is -0.884. The van der Waals surface area contributed by atoms with Crippen molar-refractivity contribution in [3.05, 3.63) is 28.2 Å². The number of aromatic carboxylic acids is 1. The van der Waals surface area contributed by atoms with Crippen LogP contribution in [-0.4, -0.2) is 48.7 Å². The second kappa shape index (κ2) is 5.71. The van der Waals surface area contributed by atoms with Crippen LogP contribution in [-0.2, 0) is 0 Å². The van der Waals surface area contributed by atoms with E-state index in [0.29, 0.717) is 5.56 Å². The molecule has 4 nitrogen and oxygen atoms in total. The molecule has 1 heterocycles. The number of hydrogen-bond donors (Lipinski definition) is 1. The number of piperazine rings is 1. The highest BCUT2D eigenvalue weighted by Gasteiger charge is 2.17. The second-order valence-corrected chi connectivity index (χ2v) is 5.34.